The van der Waals surface area contributed by atoms with E-state index in [0.717, 1.165) is 32.2 Å². The Morgan fingerprint density at radius 1 is 1.38 bits per heavy atom. The van der Waals surface area contributed by atoms with Crippen molar-refractivity contribution in [1.82, 2.24) is 0 Å². The lowest BCUT2D eigenvalue weighted by Crippen LogP contribution is -2.25. The van der Waals surface area contributed by atoms with Crippen LogP contribution in [0.4, 0.5) is 0 Å². The molecule has 0 atom stereocenters. The number of nitrogens with two attached hydrogens (primary N) is 1. The fraction of sp³-hybridized carbons (Fsp3) is 0.727. The summed E-state index contributed by atoms with van der Waals surface area (Å²) in [5, 5.41) is 0. The Balaban J connectivity index is 2.33. The lowest BCUT2D eigenvalue weighted by atomic mass is 9.79. The number of Topliss-reactive ketones (excluding diaryl/α,β-unsaturated/α-hetero) is 1. The predicted octanol–water partition coefficient (Wildman–Crippen LogP) is 1.34. The summed E-state index contributed by atoms with van der Waals surface area (Å²) in [6, 6.07) is 0. The molecule has 1 aliphatic carbocycles. The van der Waals surface area contributed by atoms with E-state index in [0.29, 0.717) is 12.3 Å². The van der Waals surface area contributed by atoms with Crippen molar-refractivity contribution in [3.05, 3.63) is 0 Å². The number of ketones is 1. The van der Waals surface area contributed by atoms with E-state index < -0.39 is 0 Å². The molecular formula is C11H17NO. The normalized spacial score (nSPS) is 28.0. The predicted molar refractivity (Wildman–Crippen MR) is 53.0 cm³/mol. The van der Waals surface area contributed by atoms with E-state index in [2.05, 4.69) is 5.92 Å². The minimum atomic E-state index is 0.221. The molecule has 0 radical (unpaired) electrons. The van der Waals surface area contributed by atoms with Crippen LogP contribution >= 0.6 is 0 Å². The van der Waals surface area contributed by atoms with Gasteiger partial charge in [0.1, 0.15) is 5.78 Å². The van der Waals surface area contributed by atoms with Crippen LogP contribution in [0, 0.1) is 24.2 Å². The molecule has 0 aromatic rings. The largest absolute Gasteiger partial charge is 0.330 e. The minimum absolute atomic E-state index is 0.221. The van der Waals surface area contributed by atoms with Crippen molar-refractivity contribution >= 4 is 5.78 Å². The third-order valence-electron chi connectivity index (χ3n) is 2.91. The molecule has 0 amide bonds. The van der Waals surface area contributed by atoms with Gasteiger partial charge in [-0.1, -0.05) is 5.92 Å². The number of rotatable bonds is 3. The van der Waals surface area contributed by atoms with Gasteiger partial charge in [-0.05, 0) is 38.1 Å². The van der Waals surface area contributed by atoms with Crippen molar-refractivity contribution in [3.8, 4) is 12.3 Å². The number of hydrogen-bond acceptors (Lipinski definition) is 2. The van der Waals surface area contributed by atoms with Gasteiger partial charge in [0.15, 0.2) is 0 Å². The van der Waals surface area contributed by atoms with Crippen LogP contribution in [-0.2, 0) is 4.79 Å². The molecule has 13 heavy (non-hydrogen) atoms. The molecule has 0 aromatic carbocycles. The topological polar surface area (TPSA) is 43.1 Å². The van der Waals surface area contributed by atoms with E-state index >= 15 is 0 Å². The molecular weight excluding hydrogens is 162 g/mol. The fourth-order valence-electron chi connectivity index (χ4n) is 1.97. The van der Waals surface area contributed by atoms with Gasteiger partial charge < -0.3 is 5.73 Å². The van der Waals surface area contributed by atoms with Crippen molar-refractivity contribution in [3.63, 3.8) is 0 Å². The summed E-state index contributed by atoms with van der Waals surface area (Å²) in [6.45, 7) is 0.760. The van der Waals surface area contributed by atoms with Crippen LogP contribution in [0.25, 0.3) is 0 Å². The van der Waals surface area contributed by atoms with Crippen LogP contribution in [-0.4, -0.2) is 12.3 Å². The zero-order valence-electron chi connectivity index (χ0n) is 7.96. The van der Waals surface area contributed by atoms with Gasteiger partial charge in [-0.3, -0.25) is 4.79 Å². The molecule has 0 unspecified atom stereocenters. The molecule has 1 rings (SSSR count). The van der Waals surface area contributed by atoms with E-state index in [9.17, 15) is 4.79 Å². The summed E-state index contributed by atoms with van der Waals surface area (Å²) in [5.41, 5.74) is 5.57. The number of carbonyl (C=O) groups excluding carboxylic acids is 1. The third-order valence-corrected chi connectivity index (χ3v) is 2.91. The maximum absolute atomic E-state index is 11.4. The highest BCUT2D eigenvalue weighted by Gasteiger charge is 2.24. The smallest absolute Gasteiger partial charge is 0.147 e. The second-order valence-electron chi connectivity index (χ2n) is 3.80. The Labute approximate surface area is 79.9 Å². The maximum Gasteiger partial charge on any atom is 0.147 e. The molecule has 0 aromatic heterocycles. The van der Waals surface area contributed by atoms with Crippen LogP contribution in [0.2, 0.25) is 0 Å². The van der Waals surface area contributed by atoms with Gasteiger partial charge in [0.25, 0.3) is 0 Å². The molecule has 1 saturated carbocycles. The van der Waals surface area contributed by atoms with E-state index in [-0.39, 0.29) is 11.7 Å². The van der Waals surface area contributed by atoms with Gasteiger partial charge in [-0.2, -0.15) is 0 Å². The van der Waals surface area contributed by atoms with Gasteiger partial charge in [0, 0.05) is 5.92 Å². The summed E-state index contributed by atoms with van der Waals surface area (Å²) in [5.74, 6) is 3.52. The van der Waals surface area contributed by atoms with Gasteiger partial charge in [0.05, 0.1) is 6.42 Å². The standard InChI is InChI=1S/C11H17NO/c1-2-3-11(13)10-6-4-9(8-12)5-7-10/h1,9-10H,3-8,12H2. The molecule has 1 aliphatic rings. The Morgan fingerprint density at radius 3 is 2.46 bits per heavy atom. The first-order valence-corrected chi connectivity index (χ1v) is 4.94. The van der Waals surface area contributed by atoms with Crippen molar-refractivity contribution < 1.29 is 4.79 Å². The summed E-state index contributed by atoms with van der Waals surface area (Å²) in [4.78, 5) is 11.4. The first-order chi connectivity index (χ1) is 6.27. The average molecular weight is 179 g/mol. The Kier molecular flexibility index (Phi) is 3.98. The Hall–Kier alpha value is -0.810. The summed E-state index contributed by atoms with van der Waals surface area (Å²) >= 11 is 0. The van der Waals surface area contributed by atoms with E-state index in [1.165, 1.54) is 0 Å². The zero-order valence-corrected chi connectivity index (χ0v) is 7.96. The molecule has 72 valence electrons. The Bertz CT molecular complexity index is 209. The van der Waals surface area contributed by atoms with Crippen LogP contribution in [0.5, 0.6) is 0 Å². The second kappa shape index (κ2) is 5.04. The van der Waals surface area contributed by atoms with Gasteiger partial charge in [0.2, 0.25) is 0 Å². The summed E-state index contributed by atoms with van der Waals surface area (Å²) in [7, 11) is 0. The quantitative estimate of drug-likeness (QED) is 0.664. The molecule has 0 bridgehead atoms. The Morgan fingerprint density at radius 2 is 2.00 bits per heavy atom. The maximum atomic E-state index is 11.4. The van der Waals surface area contributed by atoms with E-state index in [4.69, 9.17) is 12.2 Å². The van der Waals surface area contributed by atoms with Gasteiger partial charge in [-0.25, -0.2) is 0 Å². The molecule has 2 heteroatoms. The highest BCUT2D eigenvalue weighted by Crippen LogP contribution is 2.29. The van der Waals surface area contributed by atoms with Crippen LogP contribution in [0.15, 0.2) is 0 Å². The molecule has 1 fully saturated rings. The summed E-state index contributed by atoms with van der Waals surface area (Å²) < 4.78 is 0. The van der Waals surface area contributed by atoms with Crippen molar-refractivity contribution in [1.29, 1.82) is 0 Å². The minimum Gasteiger partial charge on any atom is -0.330 e. The number of hydrogen-bond donors (Lipinski definition) is 1. The highest BCUT2D eigenvalue weighted by molar-refractivity contribution is 5.83. The fourth-order valence-corrected chi connectivity index (χ4v) is 1.97. The molecule has 0 aliphatic heterocycles. The average Bonchev–Trinajstić information content (AvgIpc) is 2.18. The van der Waals surface area contributed by atoms with Crippen molar-refractivity contribution in [2.45, 2.75) is 32.1 Å². The highest BCUT2D eigenvalue weighted by atomic mass is 16.1. The molecule has 2 nitrogen and oxygen atoms in total. The lowest BCUT2D eigenvalue weighted by Gasteiger charge is -2.26. The second-order valence-corrected chi connectivity index (χ2v) is 3.80. The first-order valence-electron chi connectivity index (χ1n) is 4.94. The van der Waals surface area contributed by atoms with Crippen LogP contribution in [0.3, 0.4) is 0 Å². The lowest BCUT2D eigenvalue weighted by molar-refractivity contribution is -0.123. The van der Waals surface area contributed by atoms with Crippen LogP contribution < -0.4 is 5.73 Å². The van der Waals surface area contributed by atoms with Crippen molar-refractivity contribution in [2.24, 2.45) is 17.6 Å². The summed E-state index contributed by atoms with van der Waals surface area (Å²) in [6.07, 6.45) is 9.57. The number of terminal acetylenes is 1. The van der Waals surface area contributed by atoms with E-state index in [1.807, 2.05) is 0 Å². The van der Waals surface area contributed by atoms with Crippen molar-refractivity contribution in [2.75, 3.05) is 6.54 Å². The molecule has 0 spiro atoms. The van der Waals surface area contributed by atoms with Gasteiger partial charge in [-0.15, -0.1) is 6.42 Å². The first kappa shape index (κ1) is 10.3. The SMILES string of the molecule is C#CCC(=O)C1CCC(CN)CC1. The van der Waals surface area contributed by atoms with E-state index in [1.54, 1.807) is 0 Å². The number of carbonyl (C=O) groups is 1. The zero-order chi connectivity index (χ0) is 9.68. The monoisotopic (exact) mass is 179 g/mol. The van der Waals surface area contributed by atoms with Crippen LogP contribution in [0.1, 0.15) is 32.1 Å². The molecule has 2 N–H and O–H groups in total. The molecule has 0 saturated heterocycles. The van der Waals surface area contributed by atoms with Gasteiger partial charge >= 0.3 is 0 Å². The third kappa shape index (κ3) is 2.86. The molecule has 0 heterocycles.